The van der Waals surface area contributed by atoms with Gasteiger partial charge in [0.1, 0.15) is 16.9 Å². The molecule has 5 rings (SSSR count). The lowest BCUT2D eigenvalue weighted by Gasteiger charge is -1.98. The van der Waals surface area contributed by atoms with Gasteiger partial charge in [-0.15, -0.1) is 16.4 Å². The summed E-state index contributed by atoms with van der Waals surface area (Å²) in [7, 11) is 0. The van der Waals surface area contributed by atoms with Crippen molar-refractivity contribution in [3.63, 3.8) is 0 Å². The van der Waals surface area contributed by atoms with Crippen LogP contribution in [0.5, 0.6) is 0 Å². The molecule has 0 aromatic carbocycles. The maximum absolute atomic E-state index is 4.78. The highest BCUT2D eigenvalue weighted by atomic mass is 32.1. The minimum absolute atomic E-state index is 0.661. The van der Waals surface area contributed by atoms with Crippen LogP contribution in [0.15, 0.2) is 30.7 Å². The summed E-state index contributed by atoms with van der Waals surface area (Å²) >= 11 is 1.83. The van der Waals surface area contributed by atoms with Crippen molar-refractivity contribution in [2.45, 2.75) is 32.1 Å². The van der Waals surface area contributed by atoms with Gasteiger partial charge in [-0.05, 0) is 43.4 Å². The van der Waals surface area contributed by atoms with E-state index in [0.29, 0.717) is 5.82 Å². The maximum atomic E-state index is 4.78. The van der Waals surface area contributed by atoms with Crippen molar-refractivity contribution in [2.75, 3.05) is 0 Å². The van der Waals surface area contributed by atoms with Crippen LogP contribution in [-0.4, -0.2) is 24.6 Å². The second-order valence-corrected chi connectivity index (χ2v) is 6.99. The normalized spacial score (nSPS) is 15.0. The summed E-state index contributed by atoms with van der Waals surface area (Å²) in [6, 6.07) is 5.80. The maximum Gasteiger partial charge on any atom is 0.200 e. The van der Waals surface area contributed by atoms with E-state index in [4.69, 9.17) is 4.98 Å². The van der Waals surface area contributed by atoms with Crippen LogP contribution in [0.25, 0.3) is 27.4 Å². The fraction of sp³-hybridized carbons (Fsp3) is 0.294. The number of thiophene rings is 1. The summed E-state index contributed by atoms with van der Waals surface area (Å²) < 4.78 is 1.80. The van der Waals surface area contributed by atoms with Gasteiger partial charge in [-0.25, -0.2) is 14.5 Å². The molecule has 0 saturated carbocycles. The zero-order valence-electron chi connectivity index (χ0n) is 12.6. The summed E-state index contributed by atoms with van der Waals surface area (Å²) in [4.78, 5) is 16.3. The SMILES string of the molecule is c1ccc(-c2nc3c4c5c(sc4ncn3n2)CCCCC5)nc1. The van der Waals surface area contributed by atoms with E-state index in [9.17, 15) is 0 Å². The molecule has 4 heterocycles. The molecule has 6 heteroatoms. The Morgan fingerprint density at radius 2 is 2.00 bits per heavy atom. The third-order valence-corrected chi connectivity index (χ3v) is 5.64. The van der Waals surface area contributed by atoms with Gasteiger partial charge in [-0.1, -0.05) is 12.5 Å². The van der Waals surface area contributed by atoms with Gasteiger partial charge in [0.2, 0.25) is 5.82 Å². The third kappa shape index (κ3) is 2.05. The average Bonchev–Trinajstić information content (AvgIpc) is 3.09. The fourth-order valence-corrected chi connectivity index (χ4v) is 4.56. The Balaban J connectivity index is 1.79. The van der Waals surface area contributed by atoms with E-state index in [1.54, 1.807) is 17.0 Å². The van der Waals surface area contributed by atoms with Gasteiger partial charge in [0.05, 0.1) is 5.39 Å². The molecule has 0 amide bonds. The first-order chi connectivity index (χ1) is 11.4. The number of aryl methyl sites for hydroxylation is 2. The number of pyridine rings is 1. The zero-order chi connectivity index (χ0) is 15.2. The Morgan fingerprint density at radius 1 is 1.04 bits per heavy atom. The van der Waals surface area contributed by atoms with E-state index >= 15 is 0 Å². The zero-order valence-corrected chi connectivity index (χ0v) is 13.4. The summed E-state index contributed by atoms with van der Waals surface area (Å²) in [5.41, 5.74) is 3.15. The topological polar surface area (TPSA) is 56.0 Å². The van der Waals surface area contributed by atoms with Crippen LogP contribution in [0.4, 0.5) is 0 Å². The predicted octanol–water partition coefficient (Wildman–Crippen LogP) is 3.67. The van der Waals surface area contributed by atoms with Gasteiger partial charge >= 0.3 is 0 Å². The lowest BCUT2D eigenvalue weighted by atomic mass is 10.1. The first-order valence-electron chi connectivity index (χ1n) is 7.97. The number of hydrogen-bond donors (Lipinski definition) is 0. The molecule has 114 valence electrons. The van der Waals surface area contributed by atoms with Gasteiger partial charge in [-0.3, -0.25) is 4.98 Å². The van der Waals surface area contributed by atoms with Crippen LogP contribution in [0.1, 0.15) is 29.7 Å². The van der Waals surface area contributed by atoms with Crippen LogP contribution in [0.3, 0.4) is 0 Å². The highest BCUT2D eigenvalue weighted by molar-refractivity contribution is 7.19. The quantitative estimate of drug-likeness (QED) is 0.502. The summed E-state index contributed by atoms with van der Waals surface area (Å²) in [6.45, 7) is 0. The summed E-state index contributed by atoms with van der Waals surface area (Å²) in [5, 5.41) is 5.77. The molecule has 0 N–H and O–H groups in total. The van der Waals surface area contributed by atoms with Gasteiger partial charge in [0.25, 0.3) is 0 Å². The van der Waals surface area contributed by atoms with Gasteiger partial charge in [-0.2, -0.15) is 0 Å². The summed E-state index contributed by atoms with van der Waals surface area (Å²) in [6.07, 6.45) is 9.68. The Kier molecular flexibility index (Phi) is 2.91. The molecule has 1 aliphatic carbocycles. The number of rotatable bonds is 1. The van der Waals surface area contributed by atoms with Gasteiger partial charge < -0.3 is 0 Å². The minimum atomic E-state index is 0.661. The molecule has 0 fully saturated rings. The molecule has 0 bridgehead atoms. The standard InChI is InChI=1S/C17H15N5S/c1-2-6-11-13(8-3-1)23-17-14(11)16-20-15(21-22(16)10-19-17)12-7-4-5-9-18-12/h4-5,7,9-10H,1-3,6,8H2. The Morgan fingerprint density at radius 3 is 2.91 bits per heavy atom. The van der Waals surface area contributed by atoms with Crippen LogP contribution in [0, 0.1) is 0 Å². The van der Waals surface area contributed by atoms with Crippen molar-refractivity contribution in [3.05, 3.63) is 41.2 Å². The molecular formula is C17H15N5S. The Bertz CT molecular complexity index is 1000. The molecule has 0 radical (unpaired) electrons. The van der Waals surface area contributed by atoms with Crippen molar-refractivity contribution in [3.8, 4) is 11.5 Å². The van der Waals surface area contributed by atoms with Crippen LogP contribution in [-0.2, 0) is 12.8 Å². The molecule has 0 spiro atoms. The van der Waals surface area contributed by atoms with Crippen molar-refractivity contribution in [2.24, 2.45) is 0 Å². The van der Waals surface area contributed by atoms with Crippen molar-refractivity contribution >= 4 is 27.2 Å². The summed E-state index contributed by atoms with van der Waals surface area (Å²) in [5.74, 6) is 0.661. The van der Waals surface area contributed by atoms with Gasteiger partial charge in [0.15, 0.2) is 5.65 Å². The second-order valence-electron chi connectivity index (χ2n) is 5.91. The second kappa shape index (κ2) is 5.09. The number of hydrogen-bond acceptors (Lipinski definition) is 5. The average molecular weight is 321 g/mol. The highest BCUT2D eigenvalue weighted by Gasteiger charge is 2.20. The molecular weight excluding hydrogens is 306 g/mol. The lowest BCUT2D eigenvalue weighted by Crippen LogP contribution is -1.92. The lowest BCUT2D eigenvalue weighted by molar-refractivity contribution is 0.713. The molecule has 23 heavy (non-hydrogen) atoms. The molecule has 0 atom stereocenters. The van der Waals surface area contributed by atoms with Crippen molar-refractivity contribution in [1.82, 2.24) is 24.6 Å². The largest absolute Gasteiger partial charge is 0.253 e. The smallest absolute Gasteiger partial charge is 0.200 e. The van der Waals surface area contributed by atoms with Crippen molar-refractivity contribution in [1.29, 1.82) is 0 Å². The van der Waals surface area contributed by atoms with Crippen LogP contribution in [0.2, 0.25) is 0 Å². The molecule has 0 unspecified atom stereocenters. The molecule has 5 nitrogen and oxygen atoms in total. The first-order valence-corrected chi connectivity index (χ1v) is 8.79. The Hall–Kier alpha value is -2.34. The van der Waals surface area contributed by atoms with Gasteiger partial charge in [0, 0.05) is 11.1 Å². The molecule has 0 saturated heterocycles. The van der Waals surface area contributed by atoms with E-state index in [0.717, 1.165) is 22.6 Å². The number of nitrogens with zero attached hydrogens (tertiary/aromatic N) is 5. The fourth-order valence-electron chi connectivity index (χ4n) is 3.33. The monoisotopic (exact) mass is 321 g/mol. The van der Waals surface area contributed by atoms with E-state index < -0.39 is 0 Å². The molecule has 0 aliphatic heterocycles. The van der Waals surface area contributed by atoms with Crippen LogP contribution >= 0.6 is 11.3 Å². The predicted molar refractivity (Wildman–Crippen MR) is 90.7 cm³/mol. The first kappa shape index (κ1) is 13.1. The van der Waals surface area contributed by atoms with E-state index in [2.05, 4.69) is 15.1 Å². The Labute approximate surface area is 137 Å². The highest BCUT2D eigenvalue weighted by Crippen LogP contribution is 2.36. The number of aromatic nitrogens is 5. The minimum Gasteiger partial charge on any atom is -0.253 e. The third-order valence-electron chi connectivity index (χ3n) is 4.44. The number of fused-ring (bicyclic) bond motifs is 5. The van der Waals surface area contributed by atoms with Crippen LogP contribution < -0.4 is 0 Å². The van der Waals surface area contributed by atoms with E-state index in [-0.39, 0.29) is 0 Å². The molecule has 1 aliphatic rings. The molecule has 4 aromatic rings. The van der Waals surface area contributed by atoms with E-state index in [1.165, 1.54) is 41.5 Å². The van der Waals surface area contributed by atoms with Crippen molar-refractivity contribution < 1.29 is 0 Å². The molecule has 4 aromatic heterocycles. The van der Waals surface area contributed by atoms with E-state index in [1.807, 2.05) is 29.5 Å².